The Balaban J connectivity index is 1.88. The Labute approximate surface area is 103 Å². The molecule has 1 saturated heterocycles. The summed E-state index contributed by atoms with van der Waals surface area (Å²) < 4.78 is 5.59. The van der Waals surface area contributed by atoms with Crippen molar-refractivity contribution in [2.24, 2.45) is 0 Å². The van der Waals surface area contributed by atoms with Crippen LogP contribution in [-0.2, 0) is 11.3 Å². The highest BCUT2D eigenvalue weighted by molar-refractivity contribution is 9.09. The molecule has 0 aliphatic carbocycles. The lowest BCUT2D eigenvalue weighted by Gasteiger charge is -2.31. The van der Waals surface area contributed by atoms with Crippen LogP contribution >= 0.6 is 27.3 Å². The molecular weight excluding hydrogens is 276 g/mol. The SMILES string of the molecule is Cc1csc(CN2CCOC(CBr)C2)n1. The van der Waals surface area contributed by atoms with Crippen molar-refractivity contribution in [1.29, 1.82) is 0 Å². The summed E-state index contributed by atoms with van der Waals surface area (Å²) >= 11 is 5.21. The van der Waals surface area contributed by atoms with E-state index >= 15 is 0 Å². The molecule has 1 atom stereocenters. The fourth-order valence-electron chi connectivity index (χ4n) is 1.68. The van der Waals surface area contributed by atoms with Crippen molar-refractivity contribution in [3.8, 4) is 0 Å². The number of morpholine rings is 1. The number of hydrogen-bond acceptors (Lipinski definition) is 4. The molecule has 1 aromatic heterocycles. The number of nitrogens with zero attached hydrogens (tertiary/aromatic N) is 2. The molecule has 0 spiro atoms. The number of aryl methyl sites for hydroxylation is 1. The minimum absolute atomic E-state index is 0.333. The van der Waals surface area contributed by atoms with Gasteiger partial charge in [-0.1, -0.05) is 15.9 Å². The highest BCUT2D eigenvalue weighted by Gasteiger charge is 2.19. The molecular formula is C10H15BrN2OS. The fraction of sp³-hybridized carbons (Fsp3) is 0.700. The van der Waals surface area contributed by atoms with Crippen molar-refractivity contribution in [3.05, 3.63) is 16.1 Å². The summed E-state index contributed by atoms with van der Waals surface area (Å²) in [5.41, 5.74) is 1.13. The fourth-order valence-corrected chi connectivity index (χ4v) is 2.89. The van der Waals surface area contributed by atoms with E-state index < -0.39 is 0 Å². The second kappa shape index (κ2) is 5.39. The van der Waals surface area contributed by atoms with Gasteiger partial charge >= 0.3 is 0 Å². The highest BCUT2D eigenvalue weighted by atomic mass is 79.9. The zero-order valence-electron chi connectivity index (χ0n) is 8.78. The van der Waals surface area contributed by atoms with Crippen LogP contribution < -0.4 is 0 Å². The van der Waals surface area contributed by atoms with Crippen LogP contribution in [0.2, 0.25) is 0 Å². The number of ether oxygens (including phenoxy) is 1. The monoisotopic (exact) mass is 290 g/mol. The molecule has 0 saturated carbocycles. The number of aromatic nitrogens is 1. The molecule has 5 heteroatoms. The van der Waals surface area contributed by atoms with Crippen molar-refractivity contribution in [3.63, 3.8) is 0 Å². The summed E-state index contributed by atoms with van der Waals surface area (Å²) in [6.45, 7) is 5.86. The topological polar surface area (TPSA) is 25.4 Å². The lowest BCUT2D eigenvalue weighted by Crippen LogP contribution is -2.42. The van der Waals surface area contributed by atoms with Crippen LogP contribution in [0.4, 0.5) is 0 Å². The van der Waals surface area contributed by atoms with Gasteiger partial charge in [0.05, 0.1) is 19.3 Å². The highest BCUT2D eigenvalue weighted by Crippen LogP contribution is 2.14. The van der Waals surface area contributed by atoms with Gasteiger partial charge in [0, 0.05) is 29.5 Å². The third-order valence-electron chi connectivity index (χ3n) is 2.42. The molecule has 0 amide bonds. The second-order valence-electron chi connectivity index (χ2n) is 3.76. The summed E-state index contributed by atoms with van der Waals surface area (Å²) in [5.74, 6) is 0. The molecule has 0 N–H and O–H groups in total. The number of thiazole rings is 1. The van der Waals surface area contributed by atoms with E-state index in [2.05, 4.69) is 31.2 Å². The van der Waals surface area contributed by atoms with Gasteiger partial charge in [0.1, 0.15) is 5.01 Å². The molecule has 2 rings (SSSR count). The van der Waals surface area contributed by atoms with Crippen molar-refractivity contribution in [2.75, 3.05) is 25.0 Å². The molecule has 3 nitrogen and oxygen atoms in total. The summed E-state index contributed by atoms with van der Waals surface area (Å²) in [7, 11) is 0. The zero-order chi connectivity index (χ0) is 10.7. The predicted molar refractivity (Wildman–Crippen MR) is 65.7 cm³/mol. The maximum atomic E-state index is 5.59. The summed E-state index contributed by atoms with van der Waals surface area (Å²) in [5, 5.41) is 4.24. The normalized spacial score (nSPS) is 23.2. The molecule has 84 valence electrons. The standard InChI is InChI=1S/C10H15BrN2OS/c1-8-7-15-10(12-8)6-13-2-3-14-9(4-11)5-13/h7,9H,2-6H2,1H3. The summed E-state index contributed by atoms with van der Waals surface area (Å²) in [6, 6.07) is 0. The van der Waals surface area contributed by atoms with E-state index in [-0.39, 0.29) is 0 Å². The molecule has 1 aliphatic heterocycles. The number of halogens is 1. The van der Waals surface area contributed by atoms with Gasteiger partial charge in [-0.25, -0.2) is 4.98 Å². The molecule has 1 fully saturated rings. The molecule has 1 unspecified atom stereocenters. The first-order valence-corrected chi connectivity index (χ1v) is 7.09. The third-order valence-corrected chi connectivity index (χ3v) is 4.09. The first kappa shape index (κ1) is 11.5. The van der Waals surface area contributed by atoms with Gasteiger partial charge in [0.25, 0.3) is 0 Å². The summed E-state index contributed by atoms with van der Waals surface area (Å²) in [4.78, 5) is 6.89. The largest absolute Gasteiger partial charge is 0.375 e. The summed E-state index contributed by atoms with van der Waals surface area (Å²) in [6.07, 6.45) is 0.333. The predicted octanol–water partition coefficient (Wildman–Crippen LogP) is 2.05. The second-order valence-corrected chi connectivity index (χ2v) is 5.35. The minimum atomic E-state index is 0.333. The number of hydrogen-bond donors (Lipinski definition) is 0. The zero-order valence-corrected chi connectivity index (χ0v) is 11.2. The Bertz CT molecular complexity index is 318. The molecule has 1 aliphatic rings. The Morgan fingerprint density at radius 2 is 2.60 bits per heavy atom. The van der Waals surface area contributed by atoms with Crippen LogP contribution in [0.1, 0.15) is 10.7 Å². The van der Waals surface area contributed by atoms with Gasteiger partial charge in [-0.05, 0) is 6.92 Å². The average Bonchev–Trinajstić information content (AvgIpc) is 2.64. The van der Waals surface area contributed by atoms with Crippen LogP contribution in [0.3, 0.4) is 0 Å². The first-order chi connectivity index (χ1) is 7.28. The van der Waals surface area contributed by atoms with Crippen LogP contribution in [0, 0.1) is 6.92 Å². The van der Waals surface area contributed by atoms with Gasteiger partial charge in [-0.2, -0.15) is 0 Å². The Morgan fingerprint density at radius 3 is 3.27 bits per heavy atom. The lowest BCUT2D eigenvalue weighted by molar-refractivity contribution is -0.0181. The van der Waals surface area contributed by atoms with E-state index in [1.54, 1.807) is 11.3 Å². The minimum Gasteiger partial charge on any atom is -0.375 e. The van der Waals surface area contributed by atoms with E-state index in [4.69, 9.17) is 4.74 Å². The van der Waals surface area contributed by atoms with E-state index in [1.165, 1.54) is 5.01 Å². The molecule has 2 heterocycles. The maximum absolute atomic E-state index is 5.59. The van der Waals surface area contributed by atoms with Crippen molar-refractivity contribution < 1.29 is 4.74 Å². The van der Waals surface area contributed by atoms with E-state index in [1.807, 2.05) is 6.92 Å². The average molecular weight is 291 g/mol. The Kier molecular flexibility index (Phi) is 4.13. The van der Waals surface area contributed by atoms with Crippen LogP contribution in [-0.4, -0.2) is 41.0 Å². The van der Waals surface area contributed by atoms with Gasteiger partial charge in [0.2, 0.25) is 0 Å². The quantitative estimate of drug-likeness (QED) is 0.797. The molecule has 0 radical (unpaired) electrons. The molecule has 15 heavy (non-hydrogen) atoms. The lowest BCUT2D eigenvalue weighted by atomic mass is 10.3. The van der Waals surface area contributed by atoms with Crippen molar-refractivity contribution in [2.45, 2.75) is 19.6 Å². The third kappa shape index (κ3) is 3.24. The molecule has 0 bridgehead atoms. The van der Waals surface area contributed by atoms with Gasteiger partial charge in [-0.3, -0.25) is 4.90 Å². The van der Waals surface area contributed by atoms with Crippen LogP contribution in [0.15, 0.2) is 5.38 Å². The van der Waals surface area contributed by atoms with Gasteiger partial charge < -0.3 is 4.74 Å². The number of alkyl halides is 1. The molecule has 0 aromatic carbocycles. The molecule has 1 aromatic rings. The van der Waals surface area contributed by atoms with Crippen LogP contribution in [0.25, 0.3) is 0 Å². The maximum Gasteiger partial charge on any atom is 0.107 e. The number of rotatable bonds is 3. The van der Waals surface area contributed by atoms with E-state index in [0.29, 0.717) is 6.10 Å². The van der Waals surface area contributed by atoms with Gasteiger partial charge in [-0.15, -0.1) is 11.3 Å². The van der Waals surface area contributed by atoms with E-state index in [0.717, 1.165) is 37.3 Å². The van der Waals surface area contributed by atoms with E-state index in [9.17, 15) is 0 Å². The van der Waals surface area contributed by atoms with Crippen LogP contribution in [0.5, 0.6) is 0 Å². The van der Waals surface area contributed by atoms with Gasteiger partial charge in [0.15, 0.2) is 0 Å². The first-order valence-electron chi connectivity index (χ1n) is 5.09. The Morgan fingerprint density at radius 1 is 1.73 bits per heavy atom. The van der Waals surface area contributed by atoms with Crippen molar-refractivity contribution in [1.82, 2.24) is 9.88 Å². The smallest absolute Gasteiger partial charge is 0.107 e. The van der Waals surface area contributed by atoms with Crippen molar-refractivity contribution >= 4 is 27.3 Å². The Hall–Kier alpha value is 0.0300.